The fraction of sp³-hybridized carbons (Fsp3) is 0.462. The number of nitrogens with zero attached hydrogens (tertiary/aromatic N) is 1. The molecule has 0 spiro atoms. The Balaban J connectivity index is 2.37. The van der Waals surface area contributed by atoms with Crippen LogP contribution in [0.5, 0.6) is 0 Å². The van der Waals surface area contributed by atoms with Crippen LogP contribution in [0, 0.1) is 5.92 Å². The van der Waals surface area contributed by atoms with Gasteiger partial charge in [0.15, 0.2) is 0 Å². The molecule has 2 rings (SSSR count). The van der Waals surface area contributed by atoms with E-state index in [4.69, 9.17) is 17.0 Å². The summed E-state index contributed by atoms with van der Waals surface area (Å²) in [5, 5.41) is 13.7. The molecule has 3 unspecified atom stereocenters. The Labute approximate surface area is 108 Å². The third-order valence-electron chi connectivity index (χ3n) is 3.65. The minimum Gasteiger partial charge on any atom is -0.411 e. The predicted molar refractivity (Wildman–Crippen MR) is 77.7 cm³/mol. The minimum absolute atomic E-state index is 0.308. The molecule has 17 heavy (non-hydrogen) atoms. The molecule has 4 heteroatoms. The zero-order chi connectivity index (χ0) is 12.5. The molecule has 0 amide bonds. The predicted octanol–water partition coefficient (Wildman–Crippen LogP) is 3.05. The van der Waals surface area contributed by atoms with E-state index in [0.717, 1.165) is 18.3 Å². The zero-order valence-corrected chi connectivity index (χ0v) is 11.9. The molecule has 1 N–H and O–H groups in total. The molecule has 0 aliphatic carbocycles. The highest BCUT2D eigenvalue weighted by Crippen LogP contribution is 2.55. The number of oxime groups is 1. The fourth-order valence-corrected chi connectivity index (χ4v) is 7.05. The lowest BCUT2D eigenvalue weighted by Gasteiger charge is -2.37. The monoisotopic (exact) mass is 267 g/mol. The van der Waals surface area contributed by atoms with Gasteiger partial charge in [-0.3, -0.25) is 0 Å². The van der Waals surface area contributed by atoms with Crippen LogP contribution in [0.3, 0.4) is 0 Å². The first kappa shape index (κ1) is 12.8. The van der Waals surface area contributed by atoms with Gasteiger partial charge in [0.2, 0.25) is 0 Å². The van der Waals surface area contributed by atoms with Crippen molar-refractivity contribution in [3.05, 3.63) is 30.3 Å². The van der Waals surface area contributed by atoms with Gasteiger partial charge in [0.05, 0.1) is 5.71 Å². The maximum Gasteiger partial charge on any atom is 0.0609 e. The second kappa shape index (κ2) is 4.91. The third-order valence-corrected chi connectivity index (χ3v) is 9.68. The number of hydrogen-bond donors (Lipinski definition) is 1. The number of benzene rings is 1. The Morgan fingerprint density at radius 2 is 1.94 bits per heavy atom. The van der Waals surface area contributed by atoms with Gasteiger partial charge >= 0.3 is 0 Å². The highest BCUT2D eigenvalue weighted by atomic mass is 32.4. The van der Waals surface area contributed by atoms with E-state index < -0.39 is 6.04 Å². The summed E-state index contributed by atoms with van der Waals surface area (Å²) in [6, 6.07) is 8.96. The van der Waals surface area contributed by atoms with Crippen molar-refractivity contribution in [1.29, 1.82) is 0 Å². The summed E-state index contributed by atoms with van der Waals surface area (Å²) in [6.45, 7) is 4.32. The third kappa shape index (κ3) is 2.31. The van der Waals surface area contributed by atoms with E-state index in [1.807, 2.05) is 6.07 Å². The van der Waals surface area contributed by atoms with E-state index in [1.54, 1.807) is 0 Å². The van der Waals surface area contributed by atoms with Crippen molar-refractivity contribution in [2.75, 3.05) is 6.16 Å². The molecular formula is C13H18NOPS. The summed E-state index contributed by atoms with van der Waals surface area (Å²) in [6.07, 6.45) is 1.82. The van der Waals surface area contributed by atoms with Gasteiger partial charge in [-0.25, -0.2) is 0 Å². The van der Waals surface area contributed by atoms with Crippen LogP contribution in [0.4, 0.5) is 0 Å². The number of hydrogen-bond acceptors (Lipinski definition) is 3. The highest BCUT2D eigenvalue weighted by molar-refractivity contribution is 8.18. The Morgan fingerprint density at radius 1 is 1.29 bits per heavy atom. The molecule has 1 aliphatic rings. The van der Waals surface area contributed by atoms with E-state index in [1.165, 1.54) is 5.30 Å². The van der Waals surface area contributed by atoms with Crippen LogP contribution >= 0.6 is 6.04 Å². The first-order valence-corrected chi connectivity index (χ1v) is 8.98. The molecular weight excluding hydrogens is 249 g/mol. The SMILES string of the molecule is CC1CP(=S)(c2ccccc2)C(C)C/C1=N\O. The lowest BCUT2D eigenvalue weighted by Crippen LogP contribution is -2.32. The normalized spacial score (nSPS) is 36.0. The standard InChI is InChI=1S/C13H18NOPS/c1-10-9-16(17,11(2)8-13(10)14-15)12-6-4-3-5-7-12/h3-7,10-11,15H,8-9H2,1-2H3/b14-13+. The summed E-state index contributed by atoms with van der Waals surface area (Å²) in [7, 11) is 0. The molecule has 2 nitrogen and oxygen atoms in total. The van der Waals surface area contributed by atoms with E-state index in [2.05, 4.69) is 43.3 Å². The van der Waals surface area contributed by atoms with Gasteiger partial charge in [-0.1, -0.05) is 61.1 Å². The molecule has 1 heterocycles. The van der Waals surface area contributed by atoms with Crippen molar-refractivity contribution in [3.63, 3.8) is 0 Å². The van der Waals surface area contributed by atoms with Crippen molar-refractivity contribution in [2.45, 2.75) is 25.9 Å². The van der Waals surface area contributed by atoms with Crippen molar-refractivity contribution >= 4 is 28.9 Å². The maximum absolute atomic E-state index is 8.99. The molecule has 0 bridgehead atoms. The maximum atomic E-state index is 8.99. The van der Waals surface area contributed by atoms with Crippen LogP contribution in [0.2, 0.25) is 0 Å². The van der Waals surface area contributed by atoms with Crippen LogP contribution in [0.15, 0.2) is 35.5 Å². The van der Waals surface area contributed by atoms with Crippen molar-refractivity contribution in [1.82, 2.24) is 0 Å². The quantitative estimate of drug-likeness (QED) is 0.482. The molecule has 3 atom stereocenters. The molecule has 92 valence electrons. The molecule has 0 saturated carbocycles. The number of rotatable bonds is 1. The summed E-state index contributed by atoms with van der Waals surface area (Å²) in [5.41, 5.74) is 1.34. The molecule has 1 aromatic carbocycles. The Morgan fingerprint density at radius 3 is 2.53 bits per heavy atom. The zero-order valence-electron chi connectivity index (χ0n) is 10.2. The van der Waals surface area contributed by atoms with E-state index >= 15 is 0 Å². The molecule has 1 fully saturated rings. The highest BCUT2D eigenvalue weighted by Gasteiger charge is 2.36. The lowest BCUT2D eigenvalue weighted by atomic mass is 10.0. The summed E-state index contributed by atoms with van der Waals surface area (Å²) >= 11 is 6.00. The van der Waals surface area contributed by atoms with E-state index in [-0.39, 0.29) is 0 Å². The van der Waals surface area contributed by atoms with Crippen molar-refractivity contribution in [3.8, 4) is 0 Å². The van der Waals surface area contributed by atoms with Gasteiger partial charge < -0.3 is 5.21 Å². The molecule has 0 aromatic heterocycles. The molecule has 0 radical (unpaired) electrons. The first-order valence-electron chi connectivity index (χ1n) is 5.93. The average Bonchev–Trinajstić information content (AvgIpc) is 2.35. The largest absolute Gasteiger partial charge is 0.411 e. The van der Waals surface area contributed by atoms with Gasteiger partial charge in [0.1, 0.15) is 0 Å². The van der Waals surface area contributed by atoms with Gasteiger partial charge in [0.25, 0.3) is 0 Å². The lowest BCUT2D eigenvalue weighted by molar-refractivity contribution is 0.314. The second-order valence-electron chi connectivity index (χ2n) is 4.86. The summed E-state index contributed by atoms with van der Waals surface area (Å²) < 4.78 is 0. The van der Waals surface area contributed by atoms with Crippen LogP contribution in [0.1, 0.15) is 20.3 Å². The average molecular weight is 267 g/mol. The smallest absolute Gasteiger partial charge is 0.0609 e. The minimum atomic E-state index is -1.52. The first-order chi connectivity index (χ1) is 8.08. The molecule has 1 aliphatic heterocycles. The Hall–Kier alpha value is -0.660. The molecule has 1 saturated heterocycles. The van der Waals surface area contributed by atoms with Crippen LogP contribution < -0.4 is 5.30 Å². The van der Waals surface area contributed by atoms with E-state index in [0.29, 0.717) is 11.6 Å². The van der Waals surface area contributed by atoms with E-state index in [9.17, 15) is 0 Å². The Kier molecular flexibility index (Phi) is 3.70. The van der Waals surface area contributed by atoms with Gasteiger partial charge in [0, 0.05) is 5.92 Å². The van der Waals surface area contributed by atoms with Crippen molar-refractivity contribution in [2.24, 2.45) is 11.1 Å². The van der Waals surface area contributed by atoms with Crippen LogP contribution in [-0.4, -0.2) is 22.7 Å². The van der Waals surface area contributed by atoms with Gasteiger partial charge in [-0.15, -0.1) is 0 Å². The van der Waals surface area contributed by atoms with Crippen LogP contribution in [0.25, 0.3) is 0 Å². The fourth-order valence-electron chi connectivity index (χ4n) is 2.52. The molecule has 1 aromatic rings. The van der Waals surface area contributed by atoms with Gasteiger partial charge in [-0.2, -0.15) is 0 Å². The topological polar surface area (TPSA) is 32.6 Å². The second-order valence-corrected chi connectivity index (χ2v) is 10.2. The van der Waals surface area contributed by atoms with Crippen LogP contribution in [-0.2, 0) is 11.8 Å². The summed E-state index contributed by atoms with van der Waals surface area (Å²) in [4.78, 5) is 0. The van der Waals surface area contributed by atoms with Crippen molar-refractivity contribution < 1.29 is 5.21 Å². The summed E-state index contributed by atoms with van der Waals surface area (Å²) in [5.74, 6) is 0.308. The Bertz CT molecular complexity index is 472. The van der Waals surface area contributed by atoms with Gasteiger partial charge in [-0.05, 0) is 29.6 Å².